The van der Waals surface area contributed by atoms with E-state index in [2.05, 4.69) is 5.32 Å². The van der Waals surface area contributed by atoms with Crippen LogP contribution in [0.5, 0.6) is 0 Å². The molecule has 0 heterocycles. The number of amides is 1. The fraction of sp³-hybridized carbons (Fsp3) is 0.0556. The van der Waals surface area contributed by atoms with E-state index in [-0.39, 0.29) is 11.3 Å². The maximum atomic E-state index is 11.8. The molecule has 0 spiro atoms. The molecule has 0 bridgehead atoms. The van der Waals surface area contributed by atoms with Crippen molar-refractivity contribution in [1.29, 1.82) is 5.26 Å². The zero-order valence-electron chi connectivity index (χ0n) is 12.8. The minimum Gasteiger partial charge on any atom is -0.452 e. The van der Waals surface area contributed by atoms with Gasteiger partial charge in [-0.15, -0.1) is 0 Å². The molecule has 0 aliphatic carbocycles. The van der Waals surface area contributed by atoms with Crippen LogP contribution in [0.3, 0.4) is 0 Å². The molecule has 0 atom stereocenters. The van der Waals surface area contributed by atoms with Crippen LogP contribution in [0.15, 0.2) is 48.5 Å². The highest BCUT2D eigenvalue weighted by molar-refractivity contribution is 6.31. The van der Waals surface area contributed by atoms with Gasteiger partial charge in [0.1, 0.15) is 6.07 Å². The quantitative estimate of drug-likeness (QED) is 0.631. The number of halogens is 2. The lowest BCUT2D eigenvalue weighted by molar-refractivity contribution is -0.142. The molecule has 7 heteroatoms. The summed E-state index contributed by atoms with van der Waals surface area (Å²) in [5.74, 6) is -1.25. The fourth-order valence-corrected chi connectivity index (χ4v) is 2.12. The second-order valence-corrected chi connectivity index (χ2v) is 5.72. The monoisotopic (exact) mass is 374 g/mol. The number of anilines is 1. The fourth-order valence-electron chi connectivity index (χ4n) is 1.83. The molecule has 0 aliphatic heterocycles. The Morgan fingerprint density at radius 1 is 1.12 bits per heavy atom. The number of carbonyl (C=O) groups is 2. The summed E-state index contributed by atoms with van der Waals surface area (Å²) in [6.07, 6.45) is 2.75. The van der Waals surface area contributed by atoms with E-state index in [9.17, 15) is 9.59 Å². The topological polar surface area (TPSA) is 79.2 Å². The lowest BCUT2D eigenvalue weighted by atomic mass is 10.2. The number of nitrogens with zero attached hydrogens (tertiary/aromatic N) is 1. The summed E-state index contributed by atoms with van der Waals surface area (Å²) in [4.78, 5) is 23.5. The Kier molecular flexibility index (Phi) is 6.58. The highest BCUT2D eigenvalue weighted by Gasteiger charge is 2.09. The van der Waals surface area contributed by atoms with Crippen molar-refractivity contribution in [3.63, 3.8) is 0 Å². The van der Waals surface area contributed by atoms with Crippen LogP contribution in [-0.4, -0.2) is 18.5 Å². The largest absolute Gasteiger partial charge is 0.452 e. The molecule has 2 rings (SSSR count). The van der Waals surface area contributed by atoms with Crippen molar-refractivity contribution in [2.24, 2.45) is 0 Å². The molecule has 1 N–H and O–H groups in total. The standard InChI is InChI=1S/C18H12Cl2N2O3/c19-14-5-1-12(2-6-14)3-8-18(24)25-11-17(23)22-16-9-15(20)7-4-13(16)10-21/h1-9H,11H2,(H,22,23)/b8-3+. The average Bonchev–Trinajstić information content (AvgIpc) is 2.59. The highest BCUT2D eigenvalue weighted by Crippen LogP contribution is 2.20. The lowest BCUT2D eigenvalue weighted by Crippen LogP contribution is -2.20. The van der Waals surface area contributed by atoms with Crippen molar-refractivity contribution >= 4 is 46.8 Å². The molecule has 0 saturated carbocycles. The van der Waals surface area contributed by atoms with Crippen molar-refractivity contribution < 1.29 is 14.3 Å². The first-order valence-electron chi connectivity index (χ1n) is 7.08. The van der Waals surface area contributed by atoms with Gasteiger partial charge in [0.25, 0.3) is 5.91 Å². The first-order valence-corrected chi connectivity index (χ1v) is 7.83. The van der Waals surface area contributed by atoms with E-state index >= 15 is 0 Å². The summed E-state index contributed by atoms with van der Waals surface area (Å²) in [5.41, 5.74) is 1.28. The average molecular weight is 375 g/mol. The lowest BCUT2D eigenvalue weighted by Gasteiger charge is -2.07. The van der Waals surface area contributed by atoms with E-state index in [0.717, 1.165) is 5.56 Å². The summed E-state index contributed by atoms with van der Waals surface area (Å²) >= 11 is 11.6. The number of benzene rings is 2. The van der Waals surface area contributed by atoms with Gasteiger partial charge in [-0.2, -0.15) is 5.26 Å². The third kappa shape index (κ3) is 5.96. The predicted molar refractivity (Wildman–Crippen MR) is 96.2 cm³/mol. The molecule has 2 aromatic rings. The molecule has 0 fully saturated rings. The van der Waals surface area contributed by atoms with Crippen LogP contribution in [0.4, 0.5) is 5.69 Å². The molecule has 126 valence electrons. The van der Waals surface area contributed by atoms with Gasteiger partial charge in [-0.25, -0.2) is 4.79 Å². The number of rotatable bonds is 5. The van der Waals surface area contributed by atoms with Gasteiger partial charge in [-0.05, 0) is 42.0 Å². The zero-order valence-corrected chi connectivity index (χ0v) is 14.3. The summed E-state index contributed by atoms with van der Waals surface area (Å²) in [6.45, 7) is -0.485. The second kappa shape index (κ2) is 8.88. The van der Waals surface area contributed by atoms with Gasteiger partial charge in [0.2, 0.25) is 0 Å². The Bertz CT molecular complexity index is 856. The molecule has 25 heavy (non-hydrogen) atoms. The van der Waals surface area contributed by atoms with Crippen LogP contribution in [0.2, 0.25) is 10.0 Å². The maximum Gasteiger partial charge on any atom is 0.331 e. The van der Waals surface area contributed by atoms with Crippen molar-refractivity contribution in [3.05, 3.63) is 69.7 Å². The van der Waals surface area contributed by atoms with E-state index < -0.39 is 18.5 Å². The van der Waals surface area contributed by atoms with Gasteiger partial charge in [-0.1, -0.05) is 35.3 Å². The van der Waals surface area contributed by atoms with E-state index in [4.69, 9.17) is 33.2 Å². The van der Waals surface area contributed by atoms with Crippen molar-refractivity contribution in [1.82, 2.24) is 0 Å². The minimum atomic E-state index is -0.670. The summed E-state index contributed by atoms with van der Waals surface area (Å²) < 4.78 is 4.85. The van der Waals surface area contributed by atoms with Crippen LogP contribution in [0.1, 0.15) is 11.1 Å². The Morgan fingerprint density at radius 2 is 1.80 bits per heavy atom. The third-order valence-corrected chi connectivity index (χ3v) is 3.49. The van der Waals surface area contributed by atoms with E-state index in [1.807, 2.05) is 6.07 Å². The van der Waals surface area contributed by atoms with Crippen molar-refractivity contribution in [2.75, 3.05) is 11.9 Å². The normalized spacial score (nSPS) is 10.3. The summed E-state index contributed by atoms with van der Waals surface area (Å²) in [7, 11) is 0. The molecular formula is C18H12Cl2N2O3. The minimum absolute atomic E-state index is 0.256. The number of esters is 1. The molecule has 5 nitrogen and oxygen atoms in total. The van der Waals surface area contributed by atoms with Crippen LogP contribution in [-0.2, 0) is 14.3 Å². The van der Waals surface area contributed by atoms with Crippen LogP contribution >= 0.6 is 23.2 Å². The van der Waals surface area contributed by atoms with E-state index in [0.29, 0.717) is 10.0 Å². The predicted octanol–water partition coefficient (Wildman–Crippen LogP) is 4.06. The molecule has 2 aromatic carbocycles. The van der Waals surface area contributed by atoms with E-state index in [1.54, 1.807) is 30.3 Å². The summed E-state index contributed by atoms with van der Waals surface area (Å²) in [6, 6.07) is 13.3. The Morgan fingerprint density at radius 3 is 2.48 bits per heavy atom. The number of hydrogen-bond acceptors (Lipinski definition) is 4. The number of hydrogen-bond donors (Lipinski definition) is 1. The smallest absolute Gasteiger partial charge is 0.331 e. The van der Waals surface area contributed by atoms with Gasteiger partial charge in [0, 0.05) is 16.1 Å². The van der Waals surface area contributed by atoms with Gasteiger partial charge in [0.15, 0.2) is 6.61 Å². The molecule has 0 unspecified atom stereocenters. The van der Waals surface area contributed by atoms with Gasteiger partial charge in [-0.3, -0.25) is 4.79 Å². The molecule has 0 radical (unpaired) electrons. The number of nitrogens with one attached hydrogen (secondary N) is 1. The number of ether oxygens (including phenoxy) is 1. The van der Waals surface area contributed by atoms with E-state index in [1.165, 1.54) is 24.3 Å². The van der Waals surface area contributed by atoms with Gasteiger partial charge in [0.05, 0.1) is 11.3 Å². The van der Waals surface area contributed by atoms with Crippen LogP contribution < -0.4 is 5.32 Å². The Hall–Kier alpha value is -2.81. The Balaban J connectivity index is 1.87. The Labute approximate surface area is 154 Å². The molecule has 0 aromatic heterocycles. The van der Waals surface area contributed by atoms with Crippen LogP contribution in [0, 0.1) is 11.3 Å². The van der Waals surface area contributed by atoms with Gasteiger partial charge >= 0.3 is 5.97 Å². The van der Waals surface area contributed by atoms with Crippen molar-refractivity contribution in [3.8, 4) is 6.07 Å². The SMILES string of the molecule is N#Cc1ccc(Cl)cc1NC(=O)COC(=O)/C=C/c1ccc(Cl)cc1. The summed E-state index contributed by atoms with van der Waals surface area (Å²) in [5, 5.41) is 12.4. The molecule has 0 saturated heterocycles. The van der Waals surface area contributed by atoms with Crippen molar-refractivity contribution in [2.45, 2.75) is 0 Å². The first-order chi connectivity index (χ1) is 12.0. The zero-order chi connectivity index (χ0) is 18.2. The second-order valence-electron chi connectivity index (χ2n) is 4.84. The number of nitriles is 1. The van der Waals surface area contributed by atoms with Gasteiger partial charge < -0.3 is 10.1 Å². The molecular weight excluding hydrogens is 363 g/mol. The number of carbonyl (C=O) groups excluding carboxylic acids is 2. The highest BCUT2D eigenvalue weighted by atomic mass is 35.5. The first kappa shape index (κ1) is 18.5. The third-order valence-electron chi connectivity index (χ3n) is 3.00. The molecule has 0 aliphatic rings. The molecule has 1 amide bonds. The van der Waals surface area contributed by atoms with Crippen LogP contribution in [0.25, 0.3) is 6.08 Å². The maximum absolute atomic E-state index is 11.8.